The summed E-state index contributed by atoms with van der Waals surface area (Å²) in [7, 11) is 0. The number of nitrogens with two attached hydrogens (primary N) is 1. The van der Waals surface area contributed by atoms with E-state index in [4.69, 9.17) is 5.73 Å². The average Bonchev–Trinajstić information content (AvgIpc) is 2.76. The summed E-state index contributed by atoms with van der Waals surface area (Å²) < 4.78 is 1.00. The largest absolute Gasteiger partial charge is 0.336 e. The quantitative estimate of drug-likeness (QED) is 0.911. The van der Waals surface area contributed by atoms with Gasteiger partial charge in [0, 0.05) is 18.0 Å². The minimum absolute atomic E-state index is 0.137. The van der Waals surface area contributed by atoms with Crippen LogP contribution in [0, 0.1) is 5.92 Å². The molecule has 94 valence electrons. The van der Waals surface area contributed by atoms with Crippen molar-refractivity contribution in [2.75, 3.05) is 13.1 Å². The second-order valence-corrected chi connectivity index (χ2v) is 6.92. The first kappa shape index (κ1) is 13.1. The Morgan fingerprint density at radius 2 is 2.41 bits per heavy atom. The molecular weight excluding hydrogens is 300 g/mol. The second kappa shape index (κ2) is 5.50. The fraction of sp³-hybridized carbons (Fsp3) is 0.583. The van der Waals surface area contributed by atoms with Gasteiger partial charge >= 0.3 is 0 Å². The van der Waals surface area contributed by atoms with Crippen LogP contribution < -0.4 is 5.73 Å². The summed E-state index contributed by atoms with van der Waals surface area (Å²) in [5.74, 6) is 0.592. The van der Waals surface area contributed by atoms with Crippen LogP contribution in [0.4, 0.5) is 0 Å². The zero-order valence-electron chi connectivity index (χ0n) is 9.86. The Hall–Kier alpha value is -0.390. The lowest BCUT2D eigenvalue weighted by molar-refractivity contribution is 0.0567. The molecule has 0 spiro atoms. The number of likely N-dealkylation sites (tertiary alicyclic amines) is 1. The molecule has 1 saturated heterocycles. The number of piperidine rings is 1. The van der Waals surface area contributed by atoms with Crippen LogP contribution in [0.3, 0.4) is 0 Å². The Kier molecular flexibility index (Phi) is 4.22. The van der Waals surface area contributed by atoms with Crippen molar-refractivity contribution in [3.8, 4) is 0 Å². The first-order valence-corrected chi connectivity index (χ1v) is 7.54. The van der Waals surface area contributed by atoms with Crippen molar-refractivity contribution in [2.24, 2.45) is 11.7 Å². The summed E-state index contributed by atoms with van der Waals surface area (Å²) in [5, 5.41) is 1.91. The highest BCUT2D eigenvalue weighted by Gasteiger charge is 2.29. The number of hydrogen-bond acceptors (Lipinski definition) is 3. The van der Waals surface area contributed by atoms with Crippen molar-refractivity contribution in [1.29, 1.82) is 0 Å². The van der Waals surface area contributed by atoms with E-state index in [2.05, 4.69) is 22.9 Å². The second-order valence-electron chi connectivity index (χ2n) is 4.63. The standard InChI is InChI=1S/C12H17BrN2OS/c1-8-2-3-9(5-14)6-15(8)12(16)10-4-11(13)17-7-10/h4,7-9H,2-3,5-6,14H2,1H3. The highest BCUT2D eigenvalue weighted by Crippen LogP contribution is 2.26. The Morgan fingerprint density at radius 3 is 3.00 bits per heavy atom. The number of thiophene rings is 1. The molecule has 0 radical (unpaired) electrons. The van der Waals surface area contributed by atoms with E-state index >= 15 is 0 Å². The molecule has 3 nitrogen and oxygen atoms in total. The molecule has 0 aromatic carbocycles. The summed E-state index contributed by atoms with van der Waals surface area (Å²) in [5.41, 5.74) is 6.49. The maximum Gasteiger partial charge on any atom is 0.254 e. The van der Waals surface area contributed by atoms with Gasteiger partial charge in [0.2, 0.25) is 0 Å². The zero-order valence-corrected chi connectivity index (χ0v) is 12.3. The lowest BCUT2D eigenvalue weighted by atomic mass is 9.93. The highest BCUT2D eigenvalue weighted by atomic mass is 79.9. The molecule has 1 aliphatic rings. The molecule has 1 aliphatic heterocycles. The molecule has 2 rings (SSSR count). The number of hydrogen-bond donors (Lipinski definition) is 1. The van der Waals surface area contributed by atoms with Crippen molar-refractivity contribution < 1.29 is 4.79 Å². The number of halogens is 1. The van der Waals surface area contributed by atoms with Crippen LogP contribution in [0.2, 0.25) is 0 Å². The fourth-order valence-electron chi connectivity index (χ4n) is 2.25. The summed E-state index contributed by atoms with van der Waals surface area (Å²) in [4.78, 5) is 14.3. The van der Waals surface area contributed by atoms with Crippen LogP contribution in [-0.2, 0) is 0 Å². The number of rotatable bonds is 2. The van der Waals surface area contributed by atoms with Gasteiger partial charge in [0.1, 0.15) is 0 Å². The van der Waals surface area contributed by atoms with Crippen molar-refractivity contribution >= 4 is 33.2 Å². The van der Waals surface area contributed by atoms with Crippen LogP contribution in [0.5, 0.6) is 0 Å². The third kappa shape index (κ3) is 2.89. The van der Waals surface area contributed by atoms with E-state index < -0.39 is 0 Å². The molecule has 5 heteroatoms. The van der Waals surface area contributed by atoms with E-state index in [1.165, 1.54) is 0 Å². The monoisotopic (exact) mass is 316 g/mol. The minimum atomic E-state index is 0.137. The third-order valence-corrected chi connectivity index (χ3v) is 4.89. The van der Waals surface area contributed by atoms with Gasteiger partial charge in [-0.05, 0) is 54.2 Å². The van der Waals surface area contributed by atoms with Crippen LogP contribution in [0.15, 0.2) is 15.2 Å². The van der Waals surface area contributed by atoms with E-state index in [0.29, 0.717) is 18.5 Å². The van der Waals surface area contributed by atoms with Crippen LogP contribution in [0.25, 0.3) is 0 Å². The fourth-order valence-corrected chi connectivity index (χ4v) is 3.38. The predicted octanol–water partition coefficient (Wildman–Crippen LogP) is 2.71. The molecule has 17 heavy (non-hydrogen) atoms. The number of carbonyl (C=O) groups is 1. The molecule has 0 bridgehead atoms. The van der Waals surface area contributed by atoms with Gasteiger partial charge in [0.05, 0.1) is 9.35 Å². The summed E-state index contributed by atoms with van der Waals surface area (Å²) >= 11 is 4.94. The van der Waals surface area contributed by atoms with E-state index in [1.807, 2.05) is 16.3 Å². The molecular formula is C12H17BrN2OS. The van der Waals surface area contributed by atoms with Gasteiger partial charge in [0.15, 0.2) is 0 Å². The van der Waals surface area contributed by atoms with Crippen LogP contribution in [0.1, 0.15) is 30.1 Å². The number of nitrogens with zero attached hydrogens (tertiary/aromatic N) is 1. The Balaban J connectivity index is 2.12. The Morgan fingerprint density at radius 1 is 1.65 bits per heavy atom. The summed E-state index contributed by atoms with van der Waals surface area (Å²) in [6.07, 6.45) is 2.19. The molecule has 2 N–H and O–H groups in total. The van der Waals surface area contributed by atoms with E-state index in [0.717, 1.165) is 28.7 Å². The minimum Gasteiger partial charge on any atom is -0.336 e. The topological polar surface area (TPSA) is 46.3 Å². The molecule has 1 fully saturated rings. The van der Waals surface area contributed by atoms with Gasteiger partial charge in [-0.1, -0.05) is 0 Å². The third-order valence-electron chi connectivity index (χ3n) is 3.39. The van der Waals surface area contributed by atoms with Crippen molar-refractivity contribution in [1.82, 2.24) is 4.90 Å². The van der Waals surface area contributed by atoms with Crippen LogP contribution >= 0.6 is 27.3 Å². The molecule has 2 unspecified atom stereocenters. The summed E-state index contributed by atoms with van der Waals surface area (Å²) in [6, 6.07) is 2.22. The van der Waals surface area contributed by atoms with E-state index in [9.17, 15) is 4.79 Å². The highest BCUT2D eigenvalue weighted by molar-refractivity contribution is 9.11. The first-order valence-electron chi connectivity index (χ1n) is 5.87. The van der Waals surface area contributed by atoms with Crippen LogP contribution in [-0.4, -0.2) is 29.9 Å². The molecule has 2 atom stereocenters. The molecule has 1 aromatic heterocycles. The van der Waals surface area contributed by atoms with Crippen molar-refractivity contribution in [2.45, 2.75) is 25.8 Å². The Labute approximate surface area is 114 Å². The number of amides is 1. The molecule has 1 amide bonds. The Bertz CT molecular complexity index is 407. The van der Waals surface area contributed by atoms with E-state index in [1.54, 1.807) is 11.3 Å². The maximum atomic E-state index is 12.4. The summed E-state index contributed by atoms with van der Waals surface area (Å²) in [6.45, 7) is 3.58. The van der Waals surface area contributed by atoms with Gasteiger partial charge in [-0.3, -0.25) is 4.79 Å². The maximum absolute atomic E-state index is 12.4. The lowest BCUT2D eigenvalue weighted by Gasteiger charge is -2.37. The van der Waals surface area contributed by atoms with Gasteiger partial charge in [0.25, 0.3) is 5.91 Å². The van der Waals surface area contributed by atoms with Crippen molar-refractivity contribution in [3.63, 3.8) is 0 Å². The molecule has 0 saturated carbocycles. The normalized spacial score (nSPS) is 25.0. The SMILES string of the molecule is CC1CCC(CN)CN1C(=O)c1csc(Br)c1. The average molecular weight is 317 g/mol. The zero-order chi connectivity index (χ0) is 12.4. The lowest BCUT2D eigenvalue weighted by Crippen LogP contribution is -2.47. The van der Waals surface area contributed by atoms with Gasteiger partial charge in [-0.25, -0.2) is 0 Å². The van der Waals surface area contributed by atoms with Gasteiger partial charge < -0.3 is 10.6 Å². The first-order chi connectivity index (χ1) is 8.11. The molecule has 2 heterocycles. The molecule has 1 aromatic rings. The van der Waals surface area contributed by atoms with Gasteiger partial charge in [-0.2, -0.15) is 0 Å². The van der Waals surface area contributed by atoms with Crippen molar-refractivity contribution in [3.05, 3.63) is 20.8 Å². The van der Waals surface area contributed by atoms with Gasteiger partial charge in [-0.15, -0.1) is 11.3 Å². The number of carbonyl (C=O) groups excluding carboxylic acids is 1. The molecule has 0 aliphatic carbocycles. The van der Waals surface area contributed by atoms with E-state index in [-0.39, 0.29) is 5.91 Å². The smallest absolute Gasteiger partial charge is 0.254 e. The predicted molar refractivity (Wildman–Crippen MR) is 74.3 cm³/mol.